The second-order valence-electron chi connectivity index (χ2n) is 3.69. The van der Waals surface area contributed by atoms with Crippen LogP contribution in [0, 0.1) is 5.92 Å². The molecule has 1 amide bonds. The highest BCUT2D eigenvalue weighted by atomic mass is 32.2. The van der Waals surface area contributed by atoms with Crippen molar-refractivity contribution in [1.29, 1.82) is 0 Å². The molecule has 1 fully saturated rings. The monoisotopic (exact) mass is 202 g/mol. The summed E-state index contributed by atoms with van der Waals surface area (Å²) in [5.41, 5.74) is 5.74. The van der Waals surface area contributed by atoms with Crippen LogP contribution in [-0.2, 0) is 4.79 Å². The average molecular weight is 202 g/mol. The molecule has 0 aliphatic carbocycles. The Morgan fingerprint density at radius 2 is 2.46 bits per heavy atom. The van der Waals surface area contributed by atoms with Crippen LogP contribution in [0.15, 0.2) is 0 Å². The minimum atomic E-state index is 0.139. The zero-order valence-electron chi connectivity index (χ0n) is 8.32. The van der Waals surface area contributed by atoms with Gasteiger partial charge in [0.05, 0.1) is 0 Å². The van der Waals surface area contributed by atoms with Crippen molar-refractivity contribution in [2.24, 2.45) is 11.7 Å². The Bertz CT molecular complexity index is 186. The Kier molecular flexibility index (Phi) is 4.06. The van der Waals surface area contributed by atoms with Crippen LogP contribution in [0.1, 0.15) is 13.3 Å². The van der Waals surface area contributed by atoms with E-state index < -0.39 is 0 Å². The van der Waals surface area contributed by atoms with E-state index in [1.54, 1.807) is 11.8 Å². The first kappa shape index (κ1) is 10.9. The number of rotatable bonds is 3. The van der Waals surface area contributed by atoms with Crippen LogP contribution in [0.2, 0.25) is 0 Å². The van der Waals surface area contributed by atoms with Gasteiger partial charge in [0.1, 0.15) is 0 Å². The minimum absolute atomic E-state index is 0.139. The van der Waals surface area contributed by atoms with Crippen molar-refractivity contribution >= 4 is 17.7 Å². The molecule has 0 aromatic heterocycles. The lowest BCUT2D eigenvalue weighted by molar-refractivity contribution is -0.133. The number of carbonyl (C=O) groups excluding carboxylic acids is 1. The molecule has 2 N–H and O–H groups in total. The van der Waals surface area contributed by atoms with Crippen LogP contribution < -0.4 is 5.73 Å². The summed E-state index contributed by atoms with van der Waals surface area (Å²) in [5, 5.41) is 0. The van der Waals surface area contributed by atoms with Crippen molar-refractivity contribution in [2.45, 2.75) is 19.4 Å². The Hall–Kier alpha value is -0.220. The van der Waals surface area contributed by atoms with Crippen molar-refractivity contribution in [2.75, 3.05) is 25.1 Å². The number of nitrogens with two attached hydrogens (primary N) is 1. The molecule has 2 atom stereocenters. The van der Waals surface area contributed by atoms with Crippen LogP contribution in [0.3, 0.4) is 0 Å². The molecule has 76 valence electrons. The molecule has 0 aromatic rings. The van der Waals surface area contributed by atoms with E-state index in [1.807, 2.05) is 18.1 Å². The highest BCUT2D eigenvalue weighted by Crippen LogP contribution is 2.13. The lowest BCUT2D eigenvalue weighted by Gasteiger charge is -2.19. The molecule has 1 heterocycles. The number of thioether (sulfide) groups is 1. The molecule has 1 aliphatic heterocycles. The first-order chi connectivity index (χ1) is 6.15. The zero-order valence-corrected chi connectivity index (χ0v) is 9.14. The lowest BCUT2D eigenvalue weighted by atomic mass is 10.2. The minimum Gasteiger partial charge on any atom is -0.341 e. The number of carbonyl (C=O) groups is 1. The summed E-state index contributed by atoms with van der Waals surface area (Å²) >= 11 is 1.72. The van der Waals surface area contributed by atoms with Gasteiger partial charge in [-0.1, -0.05) is 6.92 Å². The molecule has 1 rings (SSSR count). The molecular formula is C9H18N2OS. The van der Waals surface area contributed by atoms with Crippen molar-refractivity contribution in [3.63, 3.8) is 0 Å². The number of amides is 1. The van der Waals surface area contributed by atoms with Gasteiger partial charge in [-0.2, -0.15) is 11.8 Å². The second kappa shape index (κ2) is 4.86. The van der Waals surface area contributed by atoms with Gasteiger partial charge in [0.2, 0.25) is 5.91 Å². The number of hydrogen-bond donors (Lipinski definition) is 1. The number of nitrogens with zero attached hydrogens (tertiary/aromatic N) is 1. The maximum Gasteiger partial charge on any atom is 0.226 e. The summed E-state index contributed by atoms with van der Waals surface area (Å²) in [4.78, 5) is 13.6. The zero-order chi connectivity index (χ0) is 9.84. The van der Waals surface area contributed by atoms with Crippen molar-refractivity contribution in [3.05, 3.63) is 0 Å². The fraction of sp³-hybridized carbons (Fsp3) is 0.889. The smallest absolute Gasteiger partial charge is 0.226 e. The molecule has 2 unspecified atom stereocenters. The van der Waals surface area contributed by atoms with E-state index >= 15 is 0 Å². The molecule has 3 nitrogen and oxygen atoms in total. The van der Waals surface area contributed by atoms with Crippen LogP contribution in [0.25, 0.3) is 0 Å². The van der Waals surface area contributed by atoms with E-state index in [2.05, 4.69) is 0 Å². The van der Waals surface area contributed by atoms with Gasteiger partial charge in [0.15, 0.2) is 0 Å². The number of likely N-dealkylation sites (tertiary alicyclic amines) is 1. The Morgan fingerprint density at radius 1 is 1.77 bits per heavy atom. The summed E-state index contributed by atoms with van der Waals surface area (Å²) in [6.45, 7) is 3.58. The van der Waals surface area contributed by atoms with Gasteiger partial charge >= 0.3 is 0 Å². The third-order valence-corrected chi connectivity index (χ3v) is 3.21. The van der Waals surface area contributed by atoms with E-state index in [0.717, 1.165) is 25.3 Å². The quantitative estimate of drug-likeness (QED) is 0.727. The van der Waals surface area contributed by atoms with Crippen LogP contribution in [0.5, 0.6) is 0 Å². The molecule has 13 heavy (non-hydrogen) atoms. The summed E-state index contributed by atoms with van der Waals surface area (Å²) in [5.74, 6) is 1.31. The van der Waals surface area contributed by atoms with Crippen LogP contribution >= 0.6 is 11.8 Å². The van der Waals surface area contributed by atoms with Crippen molar-refractivity contribution < 1.29 is 4.79 Å². The third kappa shape index (κ3) is 2.88. The standard InChI is InChI=1S/C9H18N2OS/c1-7(6-13-2)9(12)11-4-3-8(10)5-11/h7-8H,3-6,10H2,1-2H3. The third-order valence-electron chi connectivity index (χ3n) is 2.37. The Balaban J connectivity index is 2.38. The molecular weight excluding hydrogens is 184 g/mol. The second-order valence-corrected chi connectivity index (χ2v) is 4.60. The molecule has 0 saturated carbocycles. The maximum absolute atomic E-state index is 11.7. The normalized spacial score (nSPS) is 24.8. The van der Waals surface area contributed by atoms with E-state index in [-0.39, 0.29) is 17.9 Å². The van der Waals surface area contributed by atoms with Crippen molar-refractivity contribution in [3.8, 4) is 0 Å². The van der Waals surface area contributed by atoms with Gasteiger partial charge in [0, 0.05) is 30.8 Å². The molecule has 0 aromatic carbocycles. The van der Waals surface area contributed by atoms with Gasteiger partial charge in [-0.25, -0.2) is 0 Å². The Morgan fingerprint density at radius 3 is 2.92 bits per heavy atom. The summed E-state index contributed by atoms with van der Waals surface area (Å²) in [6.07, 6.45) is 2.98. The molecule has 1 saturated heterocycles. The lowest BCUT2D eigenvalue weighted by Crippen LogP contribution is -2.36. The predicted octanol–water partition coefficient (Wildman–Crippen LogP) is 0.545. The topological polar surface area (TPSA) is 46.3 Å². The largest absolute Gasteiger partial charge is 0.341 e. The molecule has 0 spiro atoms. The van der Waals surface area contributed by atoms with Gasteiger partial charge in [-0.15, -0.1) is 0 Å². The fourth-order valence-electron chi connectivity index (χ4n) is 1.62. The summed E-state index contributed by atoms with van der Waals surface area (Å²) in [7, 11) is 0. The highest BCUT2D eigenvalue weighted by Gasteiger charge is 2.26. The van der Waals surface area contributed by atoms with Gasteiger partial charge in [-0.05, 0) is 12.7 Å². The number of hydrogen-bond acceptors (Lipinski definition) is 3. The van der Waals surface area contributed by atoms with E-state index in [4.69, 9.17) is 5.73 Å². The highest BCUT2D eigenvalue weighted by molar-refractivity contribution is 7.98. The SMILES string of the molecule is CSCC(C)C(=O)N1CCC(N)C1. The van der Waals surface area contributed by atoms with Gasteiger partial charge in [-0.3, -0.25) is 4.79 Å². The molecule has 0 bridgehead atoms. The van der Waals surface area contributed by atoms with E-state index in [0.29, 0.717) is 0 Å². The van der Waals surface area contributed by atoms with Gasteiger partial charge < -0.3 is 10.6 Å². The van der Waals surface area contributed by atoms with E-state index in [1.165, 1.54) is 0 Å². The van der Waals surface area contributed by atoms with Gasteiger partial charge in [0.25, 0.3) is 0 Å². The van der Waals surface area contributed by atoms with Crippen molar-refractivity contribution in [1.82, 2.24) is 4.90 Å². The summed E-state index contributed by atoms with van der Waals surface area (Å²) in [6, 6.07) is 0.199. The maximum atomic E-state index is 11.7. The van der Waals surface area contributed by atoms with E-state index in [9.17, 15) is 4.79 Å². The molecule has 0 radical (unpaired) electrons. The molecule has 1 aliphatic rings. The average Bonchev–Trinajstić information content (AvgIpc) is 2.51. The predicted molar refractivity (Wildman–Crippen MR) is 56.7 cm³/mol. The summed E-state index contributed by atoms with van der Waals surface area (Å²) < 4.78 is 0. The molecule has 4 heteroatoms. The first-order valence-electron chi connectivity index (χ1n) is 4.68. The van der Waals surface area contributed by atoms with Crippen LogP contribution in [-0.4, -0.2) is 41.9 Å². The van der Waals surface area contributed by atoms with Crippen LogP contribution in [0.4, 0.5) is 0 Å². The fourth-order valence-corrected chi connectivity index (χ4v) is 2.26. The first-order valence-corrected chi connectivity index (χ1v) is 6.08. The Labute approximate surface area is 84.0 Å².